The first-order chi connectivity index (χ1) is 9.30. The van der Waals surface area contributed by atoms with Gasteiger partial charge in [-0.2, -0.15) is 13.2 Å². The third-order valence-corrected chi connectivity index (χ3v) is 2.64. The van der Waals surface area contributed by atoms with Gasteiger partial charge in [-0.3, -0.25) is 9.59 Å². The molecule has 110 valence electrons. The van der Waals surface area contributed by atoms with Gasteiger partial charge in [0, 0.05) is 13.1 Å². The Labute approximate surface area is 113 Å². The summed E-state index contributed by atoms with van der Waals surface area (Å²) in [6.45, 7) is -0.629. The molecule has 0 aromatic heterocycles. The molecule has 0 saturated carbocycles. The summed E-state index contributed by atoms with van der Waals surface area (Å²) >= 11 is 0. The van der Waals surface area contributed by atoms with Crippen molar-refractivity contribution < 1.29 is 27.9 Å². The fraction of sp³-hybridized carbons (Fsp3) is 0.385. The van der Waals surface area contributed by atoms with Gasteiger partial charge in [-0.1, -0.05) is 30.3 Å². The molecule has 1 N–H and O–H groups in total. The number of carbonyl (C=O) groups is 2. The number of benzene rings is 1. The molecule has 1 amide bonds. The standard InChI is InChI=1S/C13H14F3NO3/c14-13(15,16)12(20)17(9-7-11(18)19)8-6-10-4-2-1-3-5-10/h1-5H,6-9H2,(H,18,19). The van der Waals surface area contributed by atoms with E-state index in [2.05, 4.69) is 0 Å². The summed E-state index contributed by atoms with van der Waals surface area (Å²) in [7, 11) is 0. The van der Waals surface area contributed by atoms with Crippen LogP contribution in [0.2, 0.25) is 0 Å². The van der Waals surface area contributed by atoms with Gasteiger partial charge >= 0.3 is 18.1 Å². The van der Waals surface area contributed by atoms with Gasteiger partial charge in [0.25, 0.3) is 0 Å². The zero-order valence-electron chi connectivity index (χ0n) is 10.6. The van der Waals surface area contributed by atoms with Crippen LogP contribution in [0.1, 0.15) is 12.0 Å². The monoisotopic (exact) mass is 289 g/mol. The number of hydrogen-bond acceptors (Lipinski definition) is 2. The summed E-state index contributed by atoms with van der Waals surface area (Å²) < 4.78 is 37.2. The van der Waals surface area contributed by atoms with Gasteiger partial charge in [0.1, 0.15) is 0 Å². The molecule has 0 spiro atoms. The SMILES string of the molecule is O=C(O)CCN(CCc1ccccc1)C(=O)C(F)(F)F. The lowest BCUT2D eigenvalue weighted by Gasteiger charge is -2.23. The summed E-state index contributed by atoms with van der Waals surface area (Å²) in [5.41, 5.74) is 0.780. The number of hydrogen-bond donors (Lipinski definition) is 1. The van der Waals surface area contributed by atoms with Crippen molar-refractivity contribution >= 4 is 11.9 Å². The maximum absolute atomic E-state index is 12.4. The molecule has 0 aliphatic carbocycles. The van der Waals surface area contributed by atoms with Crippen LogP contribution in [-0.2, 0) is 16.0 Å². The minimum atomic E-state index is -4.99. The number of carbonyl (C=O) groups excluding carboxylic acids is 1. The third kappa shape index (κ3) is 5.29. The van der Waals surface area contributed by atoms with Crippen LogP contribution in [0.4, 0.5) is 13.2 Å². The minimum absolute atomic E-state index is 0.171. The topological polar surface area (TPSA) is 57.6 Å². The molecular weight excluding hydrogens is 275 g/mol. The molecule has 0 atom stereocenters. The van der Waals surface area contributed by atoms with E-state index in [1.54, 1.807) is 30.3 Å². The summed E-state index contributed by atoms with van der Waals surface area (Å²) in [6, 6.07) is 8.71. The van der Waals surface area contributed by atoms with E-state index in [0.29, 0.717) is 4.90 Å². The van der Waals surface area contributed by atoms with Crippen molar-refractivity contribution in [1.82, 2.24) is 4.90 Å². The highest BCUT2D eigenvalue weighted by molar-refractivity contribution is 5.82. The second-order valence-corrected chi connectivity index (χ2v) is 4.17. The molecule has 0 aliphatic heterocycles. The van der Waals surface area contributed by atoms with Crippen LogP contribution in [0.5, 0.6) is 0 Å². The maximum Gasteiger partial charge on any atom is 0.471 e. The quantitative estimate of drug-likeness (QED) is 0.872. The van der Waals surface area contributed by atoms with Crippen molar-refractivity contribution in [2.75, 3.05) is 13.1 Å². The van der Waals surface area contributed by atoms with Crippen molar-refractivity contribution in [1.29, 1.82) is 0 Å². The highest BCUT2D eigenvalue weighted by Crippen LogP contribution is 2.19. The molecule has 0 bridgehead atoms. The second kappa shape index (κ2) is 6.93. The van der Waals surface area contributed by atoms with Crippen molar-refractivity contribution in [3.63, 3.8) is 0 Å². The molecule has 0 radical (unpaired) electrons. The van der Waals surface area contributed by atoms with E-state index in [1.807, 2.05) is 0 Å². The highest BCUT2D eigenvalue weighted by Gasteiger charge is 2.42. The van der Waals surface area contributed by atoms with Crippen LogP contribution < -0.4 is 0 Å². The van der Waals surface area contributed by atoms with Crippen LogP contribution in [0.3, 0.4) is 0 Å². The summed E-state index contributed by atoms with van der Waals surface area (Å²) in [5.74, 6) is -3.25. The Kier molecular flexibility index (Phi) is 5.54. The molecule has 0 fully saturated rings. The van der Waals surface area contributed by atoms with Gasteiger partial charge in [0.2, 0.25) is 0 Å². The van der Waals surface area contributed by atoms with E-state index in [9.17, 15) is 22.8 Å². The fourth-order valence-corrected chi connectivity index (χ4v) is 1.63. The van der Waals surface area contributed by atoms with Gasteiger partial charge in [0.15, 0.2) is 0 Å². The van der Waals surface area contributed by atoms with E-state index >= 15 is 0 Å². The minimum Gasteiger partial charge on any atom is -0.481 e. The predicted molar refractivity (Wildman–Crippen MR) is 65.0 cm³/mol. The Balaban J connectivity index is 2.67. The number of aliphatic carboxylic acids is 1. The number of amides is 1. The Morgan fingerprint density at radius 2 is 1.70 bits per heavy atom. The zero-order valence-corrected chi connectivity index (χ0v) is 10.6. The molecule has 4 nitrogen and oxygen atoms in total. The van der Waals surface area contributed by atoms with Crippen LogP contribution in [0.25, 0.3) is 0 Å². The fourth-order valence-electron chi connectivity index (χ4n) is 1.63. The number of alkyl halides is 3. The van der Waals surface area contributed by atoms with E-state index in [1.165, 1.54) is 0 Å². The third-order valence-electron chi connectivity index (χ3n) is 2.64. The Morgan fingerprint density at radius 3 is 2.20 bits per heavy atom. The first-order valence-corrected chi connectivity index (χ1v) is 5.92. The Hall–Kier alpha value is -2.05. The maximum atomic E-state index is 12.4. The molecule has 0 saturated heterocycles. The Morgan fingerprint density at radius 1 is 1.10 bits per heavy atom. The van der Waals surface area contributed by atoms with Crippen LogP contribution in [0.15, 0.2) is 30.3 Å². The first-order valence-electron chi connectivity index (χ1n) is 5.92. The van der Waals surface area contributed by atoms with Crippen molar-refractivity contribution in [2.24, 2.45) is 0 Å². The smallest absolute Gasteiger partial charge is 0.471 e. The van der Waals surface area contributed by atoms with E-state index in [4.69, 9.17) is 5.11 Å². The lowest BCUT2D eigenvalue weighted by Crippen LogP contribution is -2.43. The van der Waals surface area contributed by atoms with Gasteiger partial charge < -0.3 is 10.0 Å². The number of carboxylic acids is 1. The molecule has 1 aromatic rings. The normalized spacial score (nSPS) is 11.2. The average molecular weight is 289 g/mol. The molecule has 0 heterocycles. The van der Waals surface area contributed by atoms with Crippen molar-refractivity contribution in [2.45, 2.75) is 19.0 Å². The Bertz CT molecular complexity index is 460. The van der Waals surface area contributed by atoms with E-state index in [-0.39, 0.29) is 13.0 Å². The molecule has 0 aliphatic rings. The van der Waals surface area contributed by atoms with Crippen LogP contribution in [-0.4, -0.2) is 41.1 Å². The number of nitrogens with zero attached hydrogens (tertiary/aromatic N) is 1. The molecular formula is C13H14F3NO3. The average Bonchev–Trinajstić information content (AvgIpc) is 2.38. The van der Waals surface area contributed by atoms with Crippen LogP contribution in [0, 0.1) is 0 Å². The van der Waals surface area contributed by atoms with Gasteiger partial charge in [-0.05, 0) is 12.0 Å². The lowest BCUT2D eigenvalue weighted by molar-refractivity contribution is -0.185. The number of halogens is 3. The molecule has 20 heavy (non-hydrogen) atoms. The molecule has 0 unspecified atom stereocenters. The molecule has 7 heteroatoms. The largest absolute Gasteiger partial charge is 0.481 e. The van der Waals surface area contributed by atoms with E-state index in [0.717, 1.165) is 5.56 Å². The lowest BCUT2D eigenvalue weighted by atomic mass is 10.1. The highest BCUT2D eigenvalue weighted by atomic mass is 19.4. The van der Waals surface area contributed by atoms with E-state index < -0.39 is 31.0 Å². The number of carboxylic acid groups (broad SMARTS) is 1. The van der Waals surface area contributed by atoms with Crippen LogP contribution >= 0.6 is 0 Å². The zero-order chi connectivity index (χ0) is 15.2. The summed E-state index contributed by atoms with van der Waals surface area (Å²) in [4.78, 5) is 22.2. The van der Waals surface area contributed by atoms with Crippen molar-refractivity contribution in [3.05, 3.63) is 35.9 Å². The summed E-state index contributed by atoms with van der Waals surface area (Å²) in [6.07, 6.45) is -5.27. The van der Waals surface area contributed by atoms with Crippen molar-refractivity contribution in [3.8, 4) is 0 Å². The summed E-state index contributed by atoms with van der Waals surface area (Å²) in [5, 5.41) is 8.51. The first kappa shape index (κ1) is 16.0. The molecule has 1 rings (SSSR count). The second-order valence-electron chi connectivity index (χ2n) is 4.17. The van der Waals surface area contributed by atoms with Gasteiger partial charge in [0.05, 0.1) is 6.42 Å². The predicted octanol–water partition coefficient (Wildman–Crippen LogP) is 2.09. The molecule has 1 aromatic carbocycles. The van der Waals surface area contributed by atoms with Gasteiger partial charge in [-0.15, -0.1) is 0 Å². The van der Waals surface area contributed by atoms with Gasteiger partial charge in [-0.25, -0.2) is 0 Å². The number of rotatable bonds is 6.